The van der Waals surface area contributed by atoms with Gasteiger partial charge in [0.15, 0.2) is 0 Å². The van der Waals surface area contributed by atoms with Gasteiger partial charge in [-0.1, -0.05) is 6.07 Å². The van der Waals surface area contributed by atoms with E-state index in [2.05, 4.69) is 44.3 Å². The number of pyridine rings is 1. The van der Waals surface area contributed by atoms with E-state index in [1.807, 2.05) is 18.2 Å². The van der Waals surface area contributed by atoms with Crippen LogP contribution in [0.5, 0.6) is 0 Å². The van der Waals surface area contributed by atoms with E-state index in [4.69, 9.17) is 0 Å². The molecule has 0 aromatic carbocycles. The summed E-state index contributed by atoms with van der Waals surface area (Å²) in [5, 5.41) is 4.86. The second-order valence-electron chi connectivity index (χ2n) is 3.84. The second-order valence-corrected chi connectivity index (χ2v) is 6.12. The van der Waals surface area contributed by atoms with Gasteiger partial charge >= 0.3 is 0 Å². The second kappa shape index (κ2) is 6.84. The van der Waals surface area contributed by atoms with Gasteiger partial charge in [0, 0.05) is 21.1 Å². The Morgan fingerprint density at radius 2 is 2.28 bits per heavy atom. The first-order chi connectivity index (χ1) is 8.74. The van der Waals surface area contributed by atoms with Crippen molar-refractivity contribution in [1.29, 1.82) is 0 Å². The summed E-state index contributed by atoms with van der Waals surface area (Å²) >= 11 is 3.92. The number of hydrogen-bond donors (Lipinski definition) is 1. The third-order valence-corrected chi connectivity index (χ3v) is 3.98. The third kappa shape index (κ3) is 4.38. The van der Waals surface area contributed by atoms with Crippen molar-refractivity contribution in [2.24, 2.45) is 0 Å². The molecule has 0 bridgehead atoms. The van der Waals surface area contributed by atoms with Crippen molar-refractivity contribution in [1.82, 2.24) is 4.98 Å². The molecule has 1 N–H and O–H groups in total. The molecular weight excluding hydrogens is 359 g/mol. The highest BCUT2D eigenvalue weighted by atomic mass is 127. The Balaban J connectivity index is 1.73. The monoisotopic (exact) mass is 372 g/mol. The molecule has 0 aliphatic rings. The molecule has 2 aromatic rings. The van der Waals surface area contributed by atoms with Crippen LogP contribution in [-0.2, 0) is 11.2 Å². The van der Waals surface area contributed by atoms with Gasteiger partial charge in [-0.15, -0.1) is 11.3 Å². The standard InChI is InChI=1S/C13H13IN2OS/c14-10-6-7-12(15-9-10)16-13(17)5-1-3-11-4-2-8-18-11/h2,4,6-9H,1,3,5H2,(H,15,16,17). The van der Waals surface area contributed by atoms with E-state index >= 15 is 0 Å². The molecule has 94 valence electrons. The summed E-state index contributed by atoms with van der Waals surface area (Å²) in [5.74, 6) is 0.650. The molecule has 0 aliphatic heterocycles. The maximum Gasteiger partial charge on any atom is 0.225 e. The minimum absolute atomic E-state index is 0.0280. The molecule has 0 atom stereocenters. The van der Waals surface area contributed by atoms with Gasteiger partial charge in [0.2, 0.25) is 5.91 Å². The van der Waals surface area contributed by atoms with E-state index in [0.29, 0.717) is 12.2 Å². The van der Waals surface area contributed by atoms with Gasteiger partial charge < -0.3 is 5.32 Å². The number of halogens is 1. The molecule has 2 heterocycles. The van der Waals surface area contributed by atoms with Crippen LogP contribution in [0.2, 0.25) is 0 Å². The normalized spacial score (nSPS) is 10.3. The number of thiophene rings is 1. The van der Waals surface area contributed by atoms with Crippen molar-refractivity contribution < 1.29 is 4.79 Å². The summed E-state index contributed by atoms with van der Waals surface area (Å²) < 4.78 is 1.06. The summed E-state index contributed by atoms with van der Waals surface area (Å²) in [6.07, 6.45) is 4.11. The molecule has 1 amide bonds. The van der Waals surface area contributed by atoms with Crippen molar-refractivity contribution in [2.45, 2.75) is 19.3 Å². The first-order valence-corrected chi connectivity index (χ1v) is 7.63. The molecule has 2 aromatic heterocycles. The number of anilines is 1. The predicted molar refractivity (Wildman–Crippen MR) is 82.8 cm³/mol. The molecule has 0 aliphatic carbocycles. The van der Waals surface area contributed by atoms with Crippen molar-refractivity contribution in [2.75, 3.05) is 5.32 Å². The number of carbonyl (C=O) groups is 1. The van der Waals surface area contributed by atoms with E-state index < -0.39 is 0 Å². The molecule has 3 nitrogen and oxygen atoms in total. The summed E-state index contributed by atoms with van der Waals surface area (Å²) in [4.78, 5) is 17.1. The Kier molecular flexibility index (Phi) is 5.12. The van der Waals surface area contributed by atoms with Gasteiger partial charge in [-0.05, 0) is 59.0 Å². The Morgan fingerprint density at radius 1 is 1.39 bits per heavy atom. The van der Waals surface area contributed by atoms with Crippen LogP contribution in [0.4, 0.5) is 5.82 Å². The topological polar surface area (TPSA) is 42.0 Å². The van der Waals surface area contributed by atoms with Crippen LogP contribution < -0.4 is 5.32 Å². The van der Waals surface area contributed by atoms with E-state index in [-0.39, 0.29) is 5.91 Å². The summed E-state index contributed by atoms with van der Waals surface area (Å²) in [6, 6.07) is 7.88. The molecular formula is C13H13IN2OS. The zero-order valence-corrected chi connectivity index (χ0v) is 12.7. The van der Waals surface area contributed by atoms with Crippen molar-refractivity contribution in [3.63, 3.8) is 0 Å². The van der Waals surface area contributed by atoms with E-state index in [1.165, 1.54) is 4.88 Å². The van der Waals surface area contributed by atoms with Crippen LogP contribution in [0.15, 0.2) is 35.8 Å². The molecule has 0 spiro atoms. The van der Waals surface area contributed by atoms with Gasteiger partial charge in [-0.25, -0.2) is 4.98 Å². The number of amides is 1. The van der Waals surface area contributed by atoms with Crippen LogP contribution >= 0.6 is 33.9 Å². The Labute approximate surface area is 124 Å². The maximum absolute atomic E-state index is 11.7. The minimum atomic E-state index is 0.0280. The van der Waals surface area contributed by atoms with Crippen LogP contribution in [0.1, 0.15) is 17.7 Å². The minimum Gasteiger partial charge on any atom is -0.311 e. The molecule has 2 rings (SSSR count). The zero-order chi connectivity index (χ0) is 12.8. The lowest BCUT2D eigenvalue weighted by molar-refractivity contribution is -0.116. The average Bonchev–Trinajstić information content (AvgIpc) is 2.85. The van der Waals surface area contributed by atoms with E-state index in [9.17, 15) is 4.79 Å². The highest BCUT2D eigenvalue weighted by Crippen LogP contribution is 2.12. The highest BCUT2D eigenvalue weighted by molar-refractivity contribution is 14.1. The molecule has 18 heavy (non-hydrogen) atoms. The van der Waals surface area contributed by atoms with Crippen molar-refractivity contribution in [3.8, 4) is 0 Å². The van der Waals surface area contributed by atoms with E-state index in [0.717, 1.165) is 16.4 Å². The van der Waals surface area contributed by atoms with Crippen molar-refractivity contribution in [3.05, 3.63) is 44.3 Å². The van der Waals surface area contributed by atoms with Gasteiger partial charge in [-0.3, -0.25) is 4.79 Å². The average molecular weight is 372 g/mol. The molecule has 0 saturated carbocycles. The number of nitrogens with zero attached hydrogens (tertiary/aromatic N) is 1. The first kappa shape index (κ1) is 13.5. The van der Waals surface area contributed by atoms with E-state index in [1.54, 1.807) is 17.5 Å². The first-order valence-electron chi connectivity index (χ1n) is 5.68. The van der Waals surface area contributed by atoms with Gasteiger partial charge in [0.25, 0.3) is 0 Å². The molecule has 0 unspecified atom stereocenters. The Morgan fingerprint density at radius 3 is 2.94 bits per heavy atom. The quantitative estimate of drug-likeness (QED) is 0.814. The number of aryl methyl sites for hydroxylation is 1. The summed E-state index contributed by atoms with van der Waals surface area (Å²) in [7, 11) is 0. The highest BCUT2D eigenvalue weighted by Gasteiger charge is 2.03. The number of rotatable bonds is 5. The lowest BCUT2D eigenvalue weighted by Gasteiger charge is -2.03. The molecule has 5 heteroatoms. The molecule has 0 fully saturated rings. The number of hydrogen-bond acceptors (Lipinski definition) is 3. The zero-order valence-electron chi connectivity index (χ0n) is 9.73. The van der Waals surface area contributed by atoms with Gasteiger partial charge in [0.1, 0.15) is 5.82 Å². The predicted octanol–water partition coefficient (Wildman–Crippen LogP) is 3.71. The van der Waals surface area contributed by atoms with Crippen LogP contribution in [0, 0.1) is 3.57 Å². The molecule has 0 saturated heterocycles. The van der Waals surface area contributed by atoms with Gasteiger partial charge in [-0.2, -0.15) is 0 Å². The number of aromatic nitrogens is 1. The lowest BCUT2D eigenvalue weighted by atomic mass is 10.2. The van der Waals surface area contributed by atoms with Gasteiger partial charge in [0.05, 0.1) is 0 Å². The number of nitrogens with one attached hydrogen (secondary N) is 1. The van der Waals surface area contributed by atoms with Crippen LogP contribution in [0.3, 0.4) is 0 Å². The fourth-order valence-electron chi connectivity index (χ4n) is 1.53. The summed E-state index contributed by atoms with van der Waals surface area (Å²) in [6.45, 7) is 0. The Bertz CT molecular complexity index is 496. The maximum atomic E-state index is 11.7. The fraction of sp³-hybridized carbons (Fsp3) is 0.231. The lowest BCUT2D eigenvalue weighted by Crippen LogP contribution is -2.12. The Hall–Kier alpha value is -0.950. The smallest absolute Gasteiger partial charge is 0.225 e. The van der Waals surface area contributed by atoms with Crippen LogP contribution in [-0.4, -0.2) is 10.9 Å². The van der Waals surface area contributed by atoms with Crippen LogP contribution in [0.25, 0.3) is 0 Å². The number of carbonyl (C=O) groups excluding carboxylic acids is 1. The molecule has 0 radical (unpaired) electrons. The fourth-order valence-corrected chi connectivity index (χ4v) is 2.60. The SMILES string of the molecule is O=C(CCCc1cccs1)Nc1ccc(I)cn1. The summed E-state index contributed by atoms with van der Waals surface area (Å²) in [5.41, 5.74) is 0. The largest absolute Gasteiger partial charge is 0.311 e. The third-order valence-electron chi connectivity index (χ3n) is 2.40. The van der Waals surface area contributed by atoms with Crippen molar-refractivity contribution >= 4 is 45.7 Å².